The number of carbonyl (C=O) groups excluding carboxylic acids is 1. The second-order valence-electron chi connectivity index (χ2n) is 6.13. The smallest absolute Gasteiger partial charge is 0.254 e. The summed E-state index contributed by atoms with van der Waals surface area (Å²) in [6.45, 7) is 7.06. The molecule has 114 valence electrons. The normalized spacial score (nSPS) is 23.5. The Bertz CT molecular complexity index is 587. The van der Waals surface area contributed by atoms with Crippen molar-refractivity contribution in [1.82, 2.24) is 5.06 Å². The van der Waals surface area contributed by atoms with Crippen molar-refractivity contribution in [1.29, 1.82) is 0 Å². The Balaban J connectivity index is 1.83. The third-order valence-electron chi connectivity index (χ3n) is 3.62. The highest BCUT2D eigenvalue weighted by atomic mass is 79.9. The van der Waals surface area contributed by atoms with E-state index in [-0.39, 0.29) is 12.0 Å². The second kappa shape index (κ2) is 5.18. The van der Waals surface area contributed by atoms with Gasteiger partial charge in [0, 0.05) is 4.47 Å². The molecule has 2 heterocycles. The molecule has 1 unspecified atom stereocenters. The van der Waals surface area contributed by atoms with Gasteiger partial charge in [-0.2, -0.15) is 0 Å². The molecule has 0 radical (unpaired) electrons. The molecule has 1 fully saturated rings. The number of ether oxygens (including phenoxy) is 2. The molecule has 21 heavy (non-hydrogen) atoms. The van der Waals surface area contributed by atoms with Gasteiger partial charge in [-0.15, -0.1) is 0 Å². The fourth-order valence-corrected chi connectivity index (χ4v) is 2.78. The molecule has 1 amide bonds. The molecule has 0 spiro atoms. The van der Waals surface area contributed by atoms with Crippen LogP contribution in [0.5, 0.6) is 11.5 Å². The first-order valence-corrected chi connectivity index (χ1v) is 7.73. The van der Waals surface area contributed by atoms with Crippen molar-refractivity contribution in [2.75, 3.05) is 13.2 Å². The number of rotatable bonds is 2. The van der Waals surface area contributed by atoms with Crippen LogP contribution >= 0.6 is 15.9 Å². The van der Waals surface area contributed by atoms with E-state index in [1.165, 1.54) is 5.06 Å². The Morgan fingerprint density at radius 2 is 2.14 bits per heavy atom. The second-order valence-corrected chi connectivity index (χ2v) is 6.98. The van der Waals surface area contributed by atoms with Crippen LogP contribution in [0.1, 0.15) is 26.3 Å². The van der Waals surface area contributed by atoms with Gasteiger partial charge in [0.05, 0.1) is 18.6 Å². The molecule has 1 saturated heterocycles. The van der Waals surface area contributed by atoms with Gasteiger partial charge in [-0.25, -0.2) is 5.06 Å². The quantitative estimate of drug-likeness (QED) is 0.818. The predicted octanol–water partition coefficient (Wildman–Crippen LogP) is 2.91. The molecular weight excluding hydrogens is 338 g/mol. The van der Waals surface area contributed by atoms with E-state index >= 15 is 0 Å². The molecule has 1 aromatic carbocycles. The van der Waals surface area contributed by atoms with E-state index in [9.17, 15) is 4.79 Å². The molecule has 1 atom stereocenters. The largest absolute Gasteiger partial charge is 0.486 e. The number of hydrogen-bond acceptors (Lipinski definition) is 4. The zero-order valence-corrected chi connectivity index (χ0v) is 13.9. The van der Waals surface area contributed by atoms with Crippen LogP contribution in [0.3, 0.4) is 0 Å². The van der Waals surface area contributed by atoms with E-state index in [4.69, 9.17) is 14.3 Å². The van der Waals surface area contributed by atoms with Crippen LogP contribution < -0.4 is 9.47 Å². The zero-order valence-electron chi connectivity index (χ0n) is 12.3. The van der Waals surface area contributed by atoms with Gasteiger partial charge in [0.2, 0.25) is 0 Å². The number of hydrogen-bond donors (Lipinski definition) is 0. The average Bonchev–Trinajstić information content (AvgIpc) is 2.67. The van der Waals surface area contributed by atoms with Gasteiger partial charge in [-0.05, 0) is 38.5 Å². The van der Waals surface area contributed by atoms with Gasteiger partial charge >= 0.3 is 0 Å². The molecule has 1 aromatic rings. The maximum Gasteiger partial charge on any atom is 0.254 e. The van der Waals surface area contributed by atoms with Gasteiger partial charge in [-0.3, -0.25) is 9.63 Å². The molecule has 0 bridgehead atoms. The van der Waals surface area contributed by atoms with Crippen molar-refractivity contribution in [2.24, 2.45) is 5.41 Å². The lowest BCUT2D eigenvalue weighted by atomic mass is 9.95. The van der Waals surface area contributed by atoms with Gasteiger partial charge in [-0.1, -0.05) is 15.9 Å². The summed E-state index contributed by atoms with van der Waals surface area (Å²) in [5.74, 6) is 1.42. The molecule has 0 saturated carbocycles. The van der Waals surface area contributed by atoms with E-state index in [1.807, 2.05) is 32.9 Å². The molecule has 2 aliphatic heterocycles. The standard InChI is InChI=1S/C15H18BrNO4/c1-9-7-19-12-5-11(16)10(4-13(12)21-9)6-17-14(18)15(2,3)8-20-17/h4-5,9H,6-8H2,1-3H3. The molecule has 5 nitrogen and oxygen atoms in total. The lowest BCUT2D eigenvalue weighted by molar-refractivity contribution is -0.165. The predicted molar refractivity (Wildman–Crippen MR) is 80.0 cm³/mol. The van der Waals surface area contributed by atoms with E-state index in [0.717, 1.165) is 15.8 Å². The summed E-state index contributed by atoms with van der Waals surface area (Å²) in [4.78, 5) is 17.7. The van der Waals surface area contributed by atoms with Crippen LogP contribution in [0.15, 0.2) is 16.6 Å². The average molecular weight is 356 g/mol. The van der Waals surface area contributed by atoms with Crippen LogP contribution in [0.2, 0.25) is 0 Å². The van der Waals surface area contributed by atoms with Crippen LogP contribution in [-0.2, 0) is 16.2 Å². The highest BCUT2D eigenvalue weighted by Crippen LogP contribution is 2.38. The highest BCUT2D eigenvalue weighted by Gasteiger charge is 2.40. The first-order valence-electron chi connectivity index (χ1n) is 6.93. The summed E-state index contributed by atoms with van der Waals surface area (Å²) in [5, 5.41) is 1.42. The fourth-order valence-electron chi connectivity index (χ4n) is 2.33. The third kappa shape index (κ3) is 2.74. The molecule has 0 aliphatic carbocycles. The number of benzene rings is 1. The minimum Gasteiger partial charge on any atom is -0.486 e. The van der Waals surface area contributed by atoms with Gasteiger partial charge in [0.15, 0.2) is 11.5 Å². The van der Waals surface area contributed by atoms with Crippen molar-refractivity contribution in [3.8, 4) is 11.5 Å². The Labute approximate surface area is 132 Å². The first kappa shape index (κ1) is 14.7. The van der Waals surface area contributed by atoms with Crippen molar-refractivity contribution in [3.05, 3.63) is 22.2 Å². The van der Waals surface area contributed by atoms with Crippen LogP contribution in [0, 0.1) is 5.41 Å². The number of nitrogens with zero attached hydrogens (tertiary/aromatic N) is 1. The summed E-state index contributed by atoms with van der Waals surface area (Å²) >= 11 is 3.52. The number of hydroxylamine groups is 2. The van der Waals surface area contributed by atoms with Crippen molar-refractivity contribution in [3.63, 3.8) is 0 Å². The highest BCUT2D eigenvalue weighted by molar-refractivity contribution is 9.10. The Morgan fingerprint density at radius 1 is 1.38 bits per heavy atom. The number of fused-ring (bicyclic) bond motifs is 1. The third-order valence-corrected chi connectivity index (χ3v) is 4.35. The van der Waals surface area contributed by atoms with E-state index in [2.05, 4.69) is 15.9 Å². The van der Waals surface area contributed by atoms with Crippen molar-refractivity contribution >= 4 is 21.8 Å². The summed E-state index contributed by atoms with van der Waals surface area (Å²) in [6.07, 6.45) is 0.0233. The Kier molecular flexibility index (Phi) is 3.61. The number of carbonyl (C=O) groups is 1. The maximum absolute atomic E-state index is 12.2. The van der Waals surface area contributed by atoms with Crippen LogP contribution in [0.4, 0.5) is 0 Å². The summed E-state index contributed by atoms with van der Waals surface area (Å²) in [6, 6.07) is 3.78. The minimum absolute atomic E-state index is 0.00217. The van der Waals surface area contributed by atoms with Crippen LogP contribution in [0.25, 0.3) is 0 Å². The minimum atomic E-state index is -0.463. The van der Waals surface area contributed by atoms with E-state index < -0.39 is 5.41 Å². The molecule has 6 heteroatoms. The molecule has 2 aliphatic rings. The van der Waals surface area contributed by atoms with E-state index in [1.54, 1.807) is 0 Å². The van der Waals surface area contributed by atoms with Gasteiger partial charge in [0.25, 0.3) is 5.91 Å². The lowest BCUT2D eigenvalue weighted by Gasteiger charge is -2.25. The van der Waals surface area contributed by atoms with Crippen LogP contribution in [-0.4, -0.2) is 30.3 Å². The zero-order chi connectivity index (χ0) is 15.2. The monoisotopic (exact) mass is 355 g/mol. The molecular formula is C15H18BrNO4. The topological polar surface area (TPSA) is 48.0 Å². The Morgan fingerprint density at radius 3 is 2.81 bits per heavy atom. The molecule has 0 N–H and O–H groups in total. The van der Waals surface area contributed by atoms with Crippen molar-refractivity contribution < 1.29 is 19.1 Å². The maximum atomic E-state index is 12.2. The number of halogens is 1. The van der Waals surface area contributed by atoms with E-state index in [0.29, 0.717) is 25.5 Å². The first-order chi connectivity index (χ1) is 9.87. The Hall–Kier alpha value is -1.27. The number of amides is 1. The summed E-state index contributed by atoms with van der Waals surface area (Å²) in [7, 11) is 0. The molecule has 0 aromatic heterocycles. The molecule has 3 rings (SSSR count). The fraction of sp³-hybridized carbons (Fsp3) is 0.533. The van der Waals surface area contributed by atoms with Gasteiger partial charge in [0.1, 0.15) is 12.7 Å². The lowest BCUT2D eigenvalue weighted by Crippen LogP contribution is -2.30. The van der Waals surface area contributed by atoms with Crippen molar-refractivity contribution in [2.45, 2.75) is 33.4 Å². The summed E-state index contributed by atoms with van der Waals surface area (Å²) < 4.78 is 12.3. The summed E-state index contributed by atoms with van der Waals surface area (Å²) in [5.41, 5.74) is 0.465. The van der Waals surface area contributed by atoms with Gasteiger partial charge < -0.3 is 9.47 Å². The SMILES string of the molecule is CC1COc2cc(Br)c(CN3OCC(C)(C)C3=O)cc2O1.